The van der Waals surface area contributed by atoms with Gasteiger partial charge >= 0.3 is 5.97 Å². The van der Waals surface area contributed by atoms with Crippen molar-refractivity contribution in [3.05, 3.63) is 85.1 Å². The van der Waals surface area contributed by atoms with Crippen LogP contribution >= 0.6 is 7.82 Å². The van der Waals surface area contributed by atoms with Gasteiger partial charge in [-0.15, -0.1) is 0 Å². The largest absolute Gasteiger partial charge is 0.756 e. The van der Waals surface area contributed by atoms with Gasteiger partial charge in [-0.2, -0.15) is 0 Å². The van der Waals surface area contributed by atoms with Crippen molar-refractivity contribution in [2.75, 3.05) is 40.9 Å². The van der Waals surface area contributed by atoms with Gasteiger partial charge in [0.2, 0.25) is 5.91 Å². The Kier molecular flexibility index (Phi) is 60.1. The van der Waals surface area contributed by atoms with Gasteiger partial charge in [0.1, 0.15) is 19.3 Å². The number of unbranched alkanes of at least 4 members (excludes halogenated alkanes) is 35. The van der Waals surface area contributed by atoms with Gasteiger partial charge in [-0.25, -0.2) is 0 Å². The summed E-state index contributed by atoms with van der Waals surface area (Å²) in [4.78, 5) is 40.2. The number of amides is 1. The Morgan fingerprint density at radius 1 is 0.422 bits per heavy atom. The molecule has 0 aromatic carbocycles. The molecular weight excluding hydrogens is 1050 g/mol. The Hall–Kier alpha value is -2.81. The Morgan fingerprint density at radius 2 is 0.735 bits per heavy atom. The topological polar surface area (TPSA) is 114 Å². The summed E-state index contributed by atoms with van der Waals surface area (Å²) in [6.07, 6.45) is 82.6. The van der Waals surface area contributed by atoms with Crippen LogP contribution in [0.25, 0.3) is 0 Å². The van der Waals surface area contributed by atoms with Crippen molar-refractivity contribution in [1.29, 1.82) is 0 Å². The lowest BCUT2D eigenvalue weighted by Gasteiger charge is -2.30. The molecule has 482 valence electrons. The molecule has 9 nitrogen and oxygen atoms in total. The summed E-state index contributed by atoms with van der Waals surface area (Å²) in [6.45, 7) is 6.81. The highest BCUT2D eigenvalue weighted by molar-refractivity contribution is 7.45. The van der Waals surface area contributed by atoms with Crippen LogP contribution in [0.2, 0.25) is 0 Å². The van der Waals surface area contributed by atoms with Crippen molar-refractivity contribution in [3.8, 4) is 0 Å². The number of esters is 1. The Labute approximate surface area is 514 Å². The van der Waals surface area contributed by atoms with Gasteiger partial charge in [0, 0.05) is 12.8 Å². The lowest BCUT2D eigenvalue weighted by Crippen LogP contribution is -2.47. The van der Waals surface area contributed by atoms with Crippen LogP contribution in [0.4, 0.5) is 0 Å². The van der Waals surface area contributed by atoms with Gasteiger partial charge in [0.15, 0.2) is 0 Å². The van der Waals surface area contributed by atoms with E-state index in [-0.39, 0.29) is 24.9 Å². The zero-order valence-corrected chi connectivity index (χ0v) is 56.0. The van der Waals surface area contributed by atoms with Gasteiger partial charge in [-0.05, 0) is 109 Å². The fourth-order valence-corrected chi connectivity index (χ4v) is 10.6. The number of rotatable bonds is 63. The second-order valence-corrected chi connectivity index (χ2v) is 26.1. The molecule has 0 heterocycles. The van der Waals surface area contributed by atoms with E-state index in [4.69, 9.17) is 13.8 Å². The molecule has 83 heavy (non-hydrogen) atoms. The number of carbonyl (C=O) groups is 2. The number of nitrogens with one attached hydrogen (secondary N) is 1. The van der Waals surface area contributed by atoms with Crippen molar-refractivity contribution < 1.29 is 37.3 Å². The molecule has 0 spiro atoms. The maximum Gasteiger partial charge on any atom is 0.306 e. The van der Waals surface area contributed by atoms with Crippen LogP contribution in [0.3, 0.4) is 0 Å². The highest BCUT2D eigenvalue weighted by Crippen LogP contribution is 2.38. The summed E-state index contributed by atoms with van der Waals surface area (Å²) < 4.78 is 30.4. The molecule has 0 aliphatic rings. The van der Waals surface area contributed by atoms with Gasteiger partial charge in [-0.3, -0.25) is 14.2 Å². The van der Waals surface area contributed by atoms with E-state index in [0.29, 0.717) is 17.4 Å². The van der Waals surface area contributed by atoms with Crippen LogP contribution in [0.5, 0.6) is 0 Å². The maximum atomic E-state index is 13.6. The minimum absolute atomic E-state index is 0.0267. The predicted molar refractivity (Wildman–Crippen MR) is 358 cm³/mol. The normalized spacial score (nSPS) is 14.1. The number of phosphoric ester groups is 1. The van der Waals surface area contributed by atoms with Crippen molar-refractivity contribution in [3.63, 3.8) is 0 Å². The van der Waals surface area contributed by atoms with Crippen LogP contribution < -0.4 is 10.2 Å². The van der Waals surface area contributed by atoms with E-state index >= 15 is 0 Å². The average Bonchev–Trinajstić information content (AvgIpc) is 3.46. The summed E-state index contributed by atoms with van der Waals surface area (Å²) in [5, 5.41) is 3.04. The summed E-state index contributed by atoms with van der Waals surface area (Å²) in [5.41, 5.74) is 0. The number of nitrogens with zero attached hydrogens (tertiary/aromatic N) is 1. The lowest BCUT2D eigenvalue weighted by atomic mass is 10.0. The van der Waals surface area contributed by atoms with Crippen LogP contribution in [-0.4, -0.2) is 69.4 Å². The highest BCUT2D eigenvalue weighted by Gasteiger charge is 2.27. The molecule has 0 rings (SSSR count). The van der Waals surface area contributed by atoms with E-state index in [1.807, 2.05) is 33.3 Å². The van der Waals surface area contributed by atoms with E-state index in [1.54, 1.807) is 0 Å². The molecule has 1 amide bonds. The standard InChI is InChI=1S/C73H133N2O7P/c1-7-10-13-16-19-22-25-28-30-32-34-35-36-37-38-39-41-43-45-48-51-54-57-60-63-66-73(77)82-71(64-61-58-55-52-49-46-27-24-21-18-15-12-9-3)70(69-81-83(78,79)80-68-67-75(4,5)6)74-72(76)65-62-59-56-53-50-47-44-42-40-33-31-29-26-23-20-17-14-11-8-2/h19-20,22-23,28-31,34-35,37-38,61,64,70-71H,7-18,21,24-27,32-33,36,39-60,62-63,65-69H2,1-6H3,(H-,74,76,78,79)/b22-19-,23-20-,30-28-,31-29-,35-34-,38-37-,64-61-. The minimum atomic E-state index is -4.71. The Balaban J connectivity index is 5.15. The first-order valence-electron chi connectivity index (χ1n) is 34.9. The van der Waals surface area contributed by atoms with Gasteiger partial charge in [0.05, 0.1) is 33.8 Å². The molecule has 0 saturated heterocycles. The first-order chi connectivity index (χ1) is 40.4. The third kappa shape index (κ3) is 63.5. The van der Waals surface area contributed by atoms with E-state index < -0.39 is 26.6 Å². The Bertz CT molecular complexity index is 1700. The molecule has 3 unspecified atom stereocenters. The van der Waals surface area contributed by atoms with Crippen molar-refractivity contribution in [2.24, 2.45) is 0 Å². The zero-order valence-electron chi connectivity index (χ0n) is 55.1. The van der Waals surface area contributed by atoms with E-state index in [9.17, 15) is 19.0 Å². The first-order valence-corrected chi connectivity index (χ1v) is 36.4. The second kappa shape index (κ2) is 62.2. The molecule has 0 fully saturated rings. The van der Waals surface area contributed by atoms with Crippen molar-refractivity contribution >= 4 is 19.7 Å². The van der Waals surface area contributed by atoms with Gasteiger partial charge in [-0.1, -0.05) is 280 Å². The molecular formula is C73H133N2O7P. The summed E-state index contributed by atoms with van der Waals surface area (Å²) in [7, 11) is 1.18. The minimum Gasteiger partial charge on any atom is -0.756 e. The summed E-state index contributed by atoms with van der Waals surface area (Å²) >= 11 is 0. The number of allylic oxidation sites excluding steroid dienone is 13. The molecule has 0 aromatic heterocycles. The molecule has 10 heteroatoms. The van der Waals surface area contributed by atoms with Crippen LogP contribution in [0.1, 0.15) is 316 Å². The number of quaternary nitrogens is 1. The molecule has 3 atom stereocenters. The molecule has 0 aliphatic heterocycles. The van der Waals surface area contributed by atoms with E-state index in [0.717, 1.165) is 109 Å². The predicted octanol–water partition coefficient (Wildman–Crippen LogP) is 21.5. The fraction of sp³-hybridized carbons (Fsp3) is 0.781. The molecule has 0 saturated carbocycles. The molecule has 0 radical (unpaired) electrons. The van der Waals surface area contributed by atoms with Crippen molar-refractivity contribution in [2.45, 2.75) is 328 Å². The second-order valence-electron chi connectivity index (χ2n) is 24.7. The zero-order chi connectivity index (χ0) is 60.7. The number of likely N-dealkylation sites (N-methyl/N-ethyl adjacent to an activating group) is 1. The SMILES string of the molecule is CCCCC/C=C\C/C=C\C/C=C\C/C=C\CCCCCCCCCCCC(=O)OC(/C=C\CCCCCCCCCCCCC)C(COP(=O)([O-])OCC[N+](C)(C)C)NC(=O)CCCCCCCCCCC/C=C\C/C=C\CCCCC. The number of hydrogen-bond acceptors (Lipinski definition) is 7. The molecule has 0 aliphatic carbocycles. The number of hydrogen-bond donors (Lipinski definition) is 1. The molecule has 0 aromatic rings. The third-order valence-electron chi connectivity index (χ3n) is 15.3. The Morgan fingerprint density at radius 3 is 1.12 bits per heavy atom. The van der Waals surface area contributed by atoms with Gasteiger partial charge in [0.25, 0.3) is 7.82 Å². The van der Waals surface area contributed by atoms with E-state index in [1.165, 1.54) is 173 Å². The lowest BCUT2D eigenvalue weighted by molar-refractivity contribution is -0.870. The van der Waals surface area contributed by atoms with E-state index in [2.05, 4.69) is 99.0 Å². The smallest absolute Gasteiger partial charge is 0.306 e. The summed E-state index contributed by atoms with van der Waals surface area (Å²) in [5.74, 6) is -0.547. The fourth-order valence-electron chi connectivity index (χ4n) is 9.89. The number of ether oxygens (including phenoxy) is 1. The van der Waals surface area contributed by atoms with Crippen LogP contribution in [-0.2, 0) is 27.9 Å². The summed E-state index contributed by atoms with van der Waals surface area (Å²) in [6, 6.07) is -0.898. The molecule has 0 bridgehead atoms. The van der Waals surface area contributed by atoms with Gasteiger partial charge < -0.3 is 28.5 Å². The average molecular weight is 1180 g/mol. The number of phosphoric acid groups is 1. The molecule has 1 N–H and O–H groups in total. The number of carbonyl (C=O) groups excluding carboxylic acids is 2. The monoisotopic (exact) mass is 1180 g/mol. The first kappa shape index (κ1) is 80.2. The highest BCUT2D eigenvalue weighted by atomic mass is 31.2. The van der Waals surface area contributed by atoms with Crippen molar-refractivity contribution in [1.82, 2.24) is 5.32 Å². The van der Waals surface area contributed by atoms with Crippen LogP contribution in [0.15, 0.2) is 85.1 Å². The maximum absolute atomic E-state index is 13.6. The third-order valence-corrected chi connectivity index (χ3v) is 16.3. The quantitative estimate of drug-likeness (QED) is 0.0212. The van der Waals surface area contributed by atoms with Crippen LogP contribution in [0, 0.1) is 0 Å².